The number of hydrogen-bond acceptors (Lipinski definition) is 5. The molecule has 11 heteroatoms. The summed E-state index contributed by atoms with van der Waals surface area (Å²) in [5.74, 6) is -0.654. The summed E-state index contributed by atoms with van der Waals surface area (Å²) in [5, 5.41) is 2.04. The van der Waals surface area contributed by atoms with Gasteiger partial charge in [0.05, 0.1) is 17.4 Å². The Hall–Kier alpha value is -4.16. The Morgan fingerprint density at radius 2 is 1.24 bits per heavy atom. The molecule has 2 aliphatic heterocycles. The van der Waals surface area contributed by atoms with Crippen LogP contribution in [0.2, 0.25) is 5.04 Å². The van der Waals surface area contributed by atoms with Crippen LogP contribution in [0.5, 0.6) is 5.75 Å². The van der Waals surface area contributed by atoms with E-state index >= 15 is 0 Å². The van der Waals surface area contributed by atoms with Gasteiger partial charge in [0.25, 0.3) is 8.32 Å². The van der Waals surface area contributed by atoms with Gasteiger partial charge in [-0.05, 0) is 56.4 Å². The Morgan fingerprint density at radius 1 is 0.755 bits per heavy atom. The average molecular weight is 703 g/mol. The van der Waals surface area contributed by atoms with Crippen molar-refractivity contribution in [1.82, 2.24) is 9.21 Å². The van der Waals surface area contributed by atoms with Gasteiger partial charge in [-0.25, -0.2) is 8.42 Å². The number of nitrogens with zero attached hydrogens (tertiary/aromatic N) is 2. The van der Waals surface area contributed by atoms with E-state index < -0.39 is 30.9 Å². The van der Waals surface area contributed by atoms with Gasteiger partial charge in [-0.3, -0.25) is 4.79 Å². The highest BCUT2D eigenvalue weighted by Crippen LogP contribution is 2.38. The van der Waals surface area contributed by atoms with Gasteiger partial charge in [0.1, 0.15) is 5.75 Å². The number of carbonyl (C=O) groups is 1. The summed E-state index contributed by atoms with van der Waals surface area (Å²) in [6, 6.07) is 35.4. The molecule has 256 valence electrons. The molecule has 1 amide bonds. The molecule has 4 aromatic carbocycles. The third-order valence-electron chi connectivity index (χ3n) is 9.38. The van der Waals surface area contributed by atoms with Crippen LogP contribution in [0, 0.1) is 0 Å². The van der Waals surface area contributed by atoms with Crippen LogP contribution in [0.25, 0.3) is 0 Å². The average Bonchev–Trinajstić information content (AvgIpc) is 3.04. The van der Waals surface area contributed by atoms with E-state index in [-0.39, 0.29) is 41.3 Å². The highest BCUT2D eigenvalue weighted by atomic mass is 32.2. The highest BCUT2D eigenvalue weighted by Gasteiger charge is 2.51. The molecule has 0 N–H and O–H groups in total. The predicted octanol–water partition coefficient (Wildman–Crippen LogP) is 5.79. The first-order valence-electron chi connectivity index (χ1n) is 16.2. The fourth-order valence-corrected chi connectivity index (χ4v) is 12.7. The molecule has 2 fully saturated rings. The van der Waals surface area contributed by atoms with Crippen molar-refractivity contribution in [2.45, 2.75) is 43.2 Å². The van der Waals surface area contributed by atoms with E-state index in [1.165, 1.54) is 28.6 Å². The van der Waals surface area contributed by atoms with E-state index in [4.69, 9.17) is 4.43 Å². The van der Waals surface area contributed by atoms with Gasteiger partial charge in [0, 0.05) is 26.2 Å². The van der Waals surface area contributed by atoms with Crippen LogP contribution in [0.1, 0.15) is 32.3 Å². The summed E-state index contributed by atoms with van der Waals surface area (Å²) < 4.78 is 64.1. The summed E-state index contributed by atoms with van der Waals surface area (Å²) in [6.07, 6.45) is 0. The van der Waals surface area contributed by atoms with E-state index in [2.05, 4.69) is 49.8 Å². The van der Waals surface area contributed by atoms with Crippen LogP contribution in [-0.2, 0) is 19.2 Å². The number of alkyl halides is 2. The molecule has 2 saturated heterocycles. The fraction of sp³-hybridized carbons (Fsp3) is 0.289. The van der Waals surface area contributed by atoms with Crippen LogP contribution < -0.4 is 15.1 Å². The van der Waals surface area contributed by atoms with E-state index in [9.17, 15) is 22.0 Å². The number of amides is 1. The first-order chi connectivity index (χ1) is 23.4. The molecule has 6 rings (SSSR count). The zero-order chi connectivity index (χ0) is 34.8. The summed E-state index contributed by atoms with van der Waals surface area (Å²) in [5.41, 5.74) is 2.93. The van der Waals surface area contributed by atoms with Crippen molar-refractivity contribution >= 4 is 34.6 Å². The van der Waals surface area contributed by atoms with Crippen LogP contribution in [-0.4, -0.2) is 71.2 Å². The molecule has 0 spiro atoms. The number of sulfonamides is 1. The molecule has 0 saturated carbocycles. The minimum absolute atomic E-state index is 0.00942. The fourth-order valence-electron chi connectivity index (χ4n) is 6.69. The SMILES string of the molecule is CC(C)(C)[Si](OCC(C(=O)N1CC(=C2CN(S(=O)(=O)c3ccc(OC(F)F)cc3)C2)C1)c1ccccc1)(c1ccccc1)c1ccccc1. The molecule has 0 aliphatic carbocycles. The number of hydrogen-bond donors (Lipinski definition) is 0. The molecule has 1 atom stereocenters. The summed E-state index contributed by atoms with van der Waals surface area (Å²) >= 11 is 0. The molecule has 0 bridgehead atoms. The van der Waals surface area contributed by atoms with Crippen molar-refractivity contribution in [2.75, 3.05) is 32.8 Å². The molecule has 0 radical (unpaired) electrons. The highest BCUT2D eigenvalue weighted by molar-refractivity contribution is 7.89. The van der Waals surface area contributed by atoms with Crippen molar-refractivity contribution in [2.24, 2.45) is 0 Å². The van der Waals surface area contributed by atoms with Crippen molar-refractivity contribution in [1.29, 1.82) is 0 Å². The van der Waals surface area contributed by atoms with Gasteiger partial charge >= 0.3 is 6.61 Å². The Bertz CT molecular complexity index is 1850. The van der Waals surface area contributed by atoms with Crippen LogP contribution in [0.3, 0.4) is 0 Å². The lowest BCUT2D eigenvalue weighted by atomic mass is 9.92. The second-order valence-corrected chi connectivity index (χ2v) is 19.7. The Morgan fingerprint density at radius 3 is 1.73 bits per heavy atom. The standard InChI is InChI=1S/C38H40F2N2O5SSi/c1-38(2,3)49(33-15-9-5-10-16-33,34-17-11-6-12-18-34)46-27-35(28-13-7-4-8-14-28)36(43)41-23-29(24-41)30-25-42(26-30)48(44,45)32-21-19-31(20-22-32)47-37(39)40/h4-22,35,37H,23-27H2,1-3H3. The normalized spacial score (nSPS) is 16.2. The van der Waals surface area contributed by atoms with Crippen LogP contribution in [0.4, 0.5) is 8.78 Å². The maximum Gasteiger partial charge on any atom is 0.387 e. The lowest BCUT2D eigenvalue weighted by molar-refractivity contribution is -0.135. The smallest absolute Gasteiger partial charge is 0.387 e. The van der Waals surface area contributed by atoms with Gasteiger partial charge in [-0.15, -0.1) is 0 Å². The molecule has 0 aromatic heterocycles. The first-order valence-corrected chi connectivity index (χ1v) is 19.6. The van der Waals surface area contributed by atoms with Crippen molar-refractivity contribution in [3.63, 3.8) is 0 Å². The Kier molecular flexibility index (Phi) is 9.90. The first kappa shape index (κ1) is 34.7. The van der Waals surface area contributed by atoms with Gasteiger partial charge in [0.15, 0.2) is 0 Å². The van der Waals surface area contributed by atoms with Crippen molar-refractivity contribution in [3.05, 3.63) is 132 Å². The zero-order valence-electron chi connectivity index (χ0n) is 27.8. The maximum absolute atomic E-state index is 14.2. The number of likely N-dealkylation sites (tertiary alicyclic amines) is 1. The van der Waals surface area contributed by atoms with Crippen LogP contribution >= 0.6 is 0 Å². The quantitative estimate of drug-likeness (QED) is 0.146. The zero-order valence-corrected chi connectivity index (χ0v) is 29.6. The van der Waals surface area contributed by atoms with E-state index in [1.807, 2.05) is 71.6 Å². The molecule has 2 aliphatic rings. The number of carbonyl (C=O) groups excluding carboxylic acids is 1. The Balaban J connectivity index is 1.18. The number of halogens is 2. The monoisotopic (exact) mass is 702 g/mol. The van der Waals surface area contributed by atoms with E-state index in [1.54, 1.807) is 0 Å². The van der Waals surface area contributed by atoms with Crippen molar-refractivity contribution in [3.8, 4) is 5.75 Å². The predicted molar refractivity (Wildman–Crippen MR) is 188 cm³/mol. The van der Waals surface area contributed by atoms with Gasteiger partial charge < -0.3 is 14.1 Å². The van der Waals surface area contributed by atoms with Crippen molar-refractivity contribution < 1.29 is 31.2 Å². The van der Waals surface area contributed by atoms with E-state index in [0.717, 1.165) is 27.1 Å². The molecule has 2 heterocycles. The van der Waals surface area contributed by atoms with Gasteiger partial charge in [-0.2, -0.15) is 13.1 Å². The third-order valence-corrected chi connectivity index (χ3v) is 16.2. The summed E-state index contributed by atoms with van der Waals surface area (Å²) in [4.78, 5) is 16.0. The molecule has 1 unspecified atom stereocenters. The lowest BCUT2D eigenvalue weighted by Gasteiger charge is -2.45. The summed E-state index contributed by atoms with van der Waals surface area (Å²) in [6.45, 7) is 5.20. The largest absolute Gasteiger partial charge is 0.435 e. The summed E-state index contributed by atoms with van der Waals surface area (Å²) in [7, 11) is -6.69. The van der Waals surface area contributed by atoms with Gasteiger partial charge in [0.2, 0.25) is 15.9 Å². The molecule has 7 nitrogen and oxygen atoms in total. The van der Waals surface area contributed by atoms with E-state index in [0.29, 0.717) is 13.1 Å². The second kappa shape index (κ2) is 14.0. The number of rotatable bonds is 11. The lowest BCUT2D eigenvalue weighted by Crippen LogP contribution is -2.67. The molecule has 4 aromatic rings. The maximum atomic E-state index is 14.2. The second-order valence-electron chi connectivity index (χ2n) is 13.5. The minimum atomic E-state index is -3.79. The molecule has 49 heavy (non-hydrogen) atoms. The third kappa shape index (κ3) is 6.98. The molecular weight excluding hydrogens is 663 g/mol. The number of benzene rings is 4. The topological polar surface area (TPSA) is 76.2 Å². The Labute approximate surface area is 288 Å². The van der Waals surface area contributed by atoms with Crippen LogP contribution in [0.15, 0.2) is 131 Å². The van der Waals surface area contributed by atoms with Gasteiger partial charge in [-0.1, -0.05) is 112 Å². The number of ether oxygens (including phenoxy) is 1. The minimum Gasteiger partial charge on any atom is -0.435 e. The molecular formula is C38H40F2N2O5SSi.